The molecule has 5 heteroatoms. The lowest BCUT2D eigenvalue weighted by Crippen LogP contribution is -2.41. The largest absolute Gasteiger partial charge is 0.336 e. The predicted octanol–water partition coefficient (Wildman–Crippen LogP) is 2.34. The first kappa shape index (κ1) is 14.3. The van der Waals surface area contributed by atoms with Gasteiger partial charge < -0.3 is 10.2 Å². The van der Waals surface area contributed by atoms with Crippen LogP contribution < -0.4 is 5.32 Å². The minimum absolute atomic E-state index is 0.00721. The van der Waals surface area contributed by atoms with Gasteiger partial charge in [0, 0.05) is 25.3 Å². The van der Waals surface area contributed by atoms with E-state index in [0.717, 1.165) is 32.5 Å². The molecular formula is C14H20ClN3O. The van der Waals surface area contributed by atoms with E-state index in [9.17, 15) is 4.79 Å². The van der Waals surface area contributed by atoms with Crippen LogP contribution in [-0.4, -0.2) is 41.5 Å². The molecule has 1 N–H and O–H groups in total. The Balaban J connectivity index is 2.04. The molecule has 19 heavy (non-hydrogen) atoms. The maximum Gasteiger partial charge on any atom is 0.272 e. The van der Waals surface area contributed by atoms with E-state index in [2.05, 4.69) is 17.2 Å². The van der Waals surface area contributed by atoms with Crippen molar-refractivity contribution in [1.82, 2.24) is 15.2 Å². The van der Waals surface area contributed by atoms with E-state index in [4.69, 9.17) is 11.6 Å². The van der Waals surface area contributed by atoms with Crippen molar-refractivity contribution in [3.8, 4) is 0 Å². The Morgan fingerprint density at radius 1 is 1.58 bits per heavy atom. The van der Waals surface area contributed by atoms with Crippen molar-refractivity contribution in [3.63, 3.8) is 0 Å². The molecule has 0 aliphatic carbocycles. The van der Waals surface area contributed by atoms with Gasteiger partial charge in [-0.2, -0.15) is 0 Å². The highest BCUT2D eigenvalue weighted by Crippen LogP contribution is 2.12. The van der Waals surface area contributed by atoms with Crippen molar-refractivity contribution in [2.45, 2.75) is 32.2 Å². The summed E-state index contributed by atoms with van der Waals surface area (Å²) in [7, 11) is 0. The fraction of sp³-hybridized carbons (Fsp3) is 0.571. The van der Waals surface area contributed by atoms with Crippen molar-refractivity contribution in [2.75, 3.05) is 19.6 Å². The summed E-state index contributed by atoms with van der Waals surface area (Å²) >= 11 is 5.80. The van der Waals surface area contributed by atoms with E-state index in [-0.39, 0.29) is 5.91 Å². The van der Waals surface area contributed by atoms with Gasteiger partial charge in [0.05, 0.1) is 5.02 Å². The standard InChI is InChI=1S/C14H20ClN3O/c1-2-8-18(10-12-4-3-7-16-12)14(19)13-6-5-11(15)9-17-13/h5-6,9,12,16H,2-4,7-8,10H2,1H3. The zero-order chi connectivity index (χ0) is 13.7. The van der Waals surface area contributed by atoms with Crippen LogP contribution >= 0.6 is 11.6 Å². The van der Waals surface area contributed by atoms with Crippen molar-refractivity contribution >= 4 is 17.5 Å². The van der Waals surface area contributed by atoms with Crippen molar-refractivity contribution < 1.29 is 4.79 Å². The van der Waals surface area contributed by atoms with Crippen LogP contribution in [0.3, 0.4) is 0 Å². The van der Waals surface area contributed by atoms with Gasteiger partial charge in [-0.3, -0.25) is 4.79 Å². The van der Waals surface area contributed by atoms with Crippen LogP contribution in [0.1, 0.15) is 36.7 Å². The number of nitrogens with one attached hydrogen (secondary N) is 1. The van der Waals surface area contributed by atoms with Gasteiger partial charge in [0.25, 0.3) is 5.91 Å². The molecule has 2 heterocycles. The number of aromatic nitrogens is 1. The zero-order valence-electron chi connectivity index (χ0n) is 11.2. The van der Waals surface area contributed by atoms with Gasteiger partial charge in [-0.15, -0.1) is 0 Å². The molecule has 0 bridgehead atoms. The number of nitrogens with zero attached hydrogens (tertiary/aromatic N) is 2. The van der Waals surface area contributed by atoms with Gasteiger partial charge in [-0.1, -0.05) is 18.5 Å². The van der Waals surface area contributed by atoms with Crippen LogP contribution in [0.2, 0.25) is 5.02 Å². The minimum Gasteiger partial charge on any atom is -0.336 e. The van der Waals surface area contributed by atoms with Gasteiger partial charge in [0.1, 0.15) is 5.69 Å². The summed E-state index contributed by atoms with van der Waals surface area (Å²) in [5, 5.41) is 3.98. The molecule has 1 aromatic heterocycles. The summed E-state index contributed by atoms with van der Waals surface area (Å²) in [4.78, 5) is 18.4. The molecular weight excluding hydrogens is 262 g/mol. The molecule has 1 aliphatic heterocycles. The Kier molecular flexibility index (Phi) is 5.16. The first-order chi connectivity index (χ1) is 9.20. The number of hydrogen-bond acceptors (Lipinski definition) is 3. The SMILES string of the molecule is CCCN(CC1CCCN1)C(=O)c1ccc(Cl)cn1. The second-order valence-electron chi connectivity index (χ2n) is 4.91. The lowest BCUT2D eigenvalue weighted by Gasteiger charge is -2.25. The molecule has 4 nitrogen and oxygen atoms in total. The fourth-order valence-corrected chi connectivity index (χ4v) is 2.50. The molecule has 1 aromatic rings. The number of amides is 1. The molecule has 0 aromatic carbocycles. The van der Waals surface area contributed by atoms with Gasteiger partial charge in [0.15, 0.2) is 0 Å². The number of hydrogen-bond donors (Lipinski definition) is 1. The van der Waals surface area contributed by atoms with E-state index in [1.54, 1.807) is 12.1 Å². The second-order valence-corrected chi connectivity index (χ2v) is 5.34. The highest BCUT2D eigenvalue weighted by Gasteiger charge is 2.22. The van der Waals surface area contributed by atoms with Crippen LogP contribution in [0, 0.1) is 0 Å². The number of carbonyl (C=O) groups is 1. The summed E-state index contributed by atoms with van der Waals surface area (Å²) in [5.74, 6) is -0.00721. The zero-order valence-corrected chi connectivity index (χ0v) is 12.0. The van der Waals surface area contributed by atoms with Crippen LogP contribution in [0.15, 0.2) is 18.3 Å². The molecule has 1 saturated heterocycles. The van der Waals surface area contributed by atoms with Crippen molar-refractivity contribution in [1.29, 1.82) is 0 Å². The quantitative estimate of drug-likeness (QED) is 0.901. The highest BCUT2D eigenvalue weighted by atomic mass is 35.5. The van der Waals surface area contributed by atoms with E-state index in [1.807, 2.05) is 4.90 Å². The van der Waals surface area contributed by atoms with Crippen LogP contribution in [0.25, 0.3) is 0 Å². The third-order valence-corrected chi connectivity index (χ3v) is 3.55. The number of carbonyl (C=O) groups excluding carboxylic acids is 1. The van der Waals surface area contributed by atoms with Crippen molar-refractivity contribution in [2.24, 2.45) is 0 Å². The van der Waals surface area contributed by atoms with E-state index >= 15 is 0 Å². The van der Waals surface area contributed by atoms with Gasteiger partial charge in [-0.25, -0.2) is 4.98 Å². The fourth-order valence-electron chi connectivity index (χ4n) is 2.39. The lowest BCUT2D eigenvalue weighted by atomic mass is 10.2. The maximum atomic E-state index is 12.4. The van der Waals surface area contributed by atoms with Crippen LogP contribution in [0.5, 0.6) is 0 Å². The number of rotatable bonds is 5. The van der Waals surface area contributed by atoms with E-state index < -0.39 is 0 Å². The molecule has 1 unspecified atom stereocenters. The molecule has 1 fully saturated rings. The summed E-state index contributed by atoms with van der Waals surface area (Å²) in [6.45, 7) is 4.66. The van der Waals surface area contributed by atoms with Gasteiger partial charge in [-0.05, 0) is 37.9 Å². The summed E-state index contributed by atoms with van der Waals surface area (Å²) < 4.78 is 0. The normalized spacial score (nSPS) is 18.5. The summed E-state index contributed by atoms with van der Waals surface area (Å²) in [5.41, 5.74) is 0.468. The summed E-state index contributed by atoms with van der Waals surface area (Å²) in [6.07, 6.45) is 4.80. The van der Waals surface area contributed by atoms with E-state index in [1.165, 1.54) is 12.6 Å². The van der Waals surface area contributed by atoms with Crippen LogP contribution in [-0.2, 0) is 0 Å². The third-order valence-electron chi connectivity index (χ3n) is 3.33. The van der Waals surface area contributed by atoms with E-state index in [0.29, 0.717) is 16.8 Å². The topological polar surface area (TPSA) is 45.2 Å². The molecule has 0 radical (unpaired) electrons. The minimum atomic E-state index is -0.00721. The Bertz CT molecular complexity index is 415. The Morgan fingerprint density at radius 2 is 2.42 bits per heavy atom. The molecule has 2 rings (SSSR count). The third kappa shape index (κ3) is 3.91. The molecule has 1 amide bonds. The molecule has 0 saturated carbocycles. The average Bonchev–Trinajstić information content (AvgIpc) is 2.91. The molecule has 104 valence electrons. The smallest absolute Gasteiger partial charge is 0.272 e. The summed E-state index contributed by atoms with van der Waals surface area (Å²) in [6, 6.07) is 3.82. The lowest BCUT2D eigenvalue weighted by molar-refractivity contribution is 0.0736. The van der Waals surface area contributed by atoms with Gasteiger partial charge in [0.2, 0.25) is 0 Å². The Hall–Kier alpha value is -1.13. The molecule has 1 aliphatic rings. The maximum absolute atomic E-state index is 12.4. The number of halogens is 1. The molecule has 0 spiro atoms. The monoisotopic (exact) mass is 281 g/mol. The molecule has 1 atom stereocenters. The first-order valence-corrected chi connectivity index (χ1v) is 7.22. The van der Waals surface area contributed by atoms with Crippen molar-refractivity contribution in [3.05, 3.63) is 29.0 Å². The number of pyridine rings is 1. The Morgan fingerprint density at radius 3 is 3.00 bits per heavy atom. The first-order valence-electron chi connectivity index (χ1n) is 6.85. The van der Waals surface area contributed by atoms with Crippen LogP contribution in [0.4, 0.5) is 0 Å². The van der Waals surface area contributed by atoms with Gasteiger partial charge >= 0.3 is 0 Å². The Labute approximate surface area is 119 Å². The highest BCUT2D eigenvalue weighted by molar-refractivity contribution is 6.30. The average molecular weight is 282 g/mol. The second kappa shape index (κ2) is 6.87. The predicted molar refractivity (Wildman–Crippen MR) is 76.5 cm³/mol.